The molecule has 2 heterocycles. The van der Waals surface area contributed by atoms with Crippen LogP contribution in [0.15, 0.2) is 34.8 Å². The fourth-order valence-electron chi connectivity index (χ4n) is 2.43. The smallest absolute Gasteiger partial charge is 0.231 e. The Morgan fingerprint density at radius 1 is 1.39 bits per heavy atom. The molecule has 1 saturated heterocycles. The number of amides is 1. The number of aromatic nitrogens is 1. The molecule has 0 bridgehead atoms. The summed E-state index contributed by atoms with van der Waals surface area (Å²) in [5.74, 6) is 0.0625. The maximum absolute atomic E-state index is 12.1. The van der Waals surface area contributed by atoms with E-state index in [0.717, 1.165) is 34.0 Å². The lowest BCUT2D eigenvalue weighted by Crippen LogP contribution is -2.22. The van der Waals surface area contributed by atoms with Crippen molar-refractivity contribution in [1.29, 1.82) is 0 Å². The van der Waals surface area contributed by atoms with Gasteiger partial charge in [-0.2, -0.15) is 0 Å². The lowest BCUT2D eigenvalue weighted by atomic mass is 10.0. The molecule has 0 N–H and O–H groups in total. The van der Waals surface area contributed by atoms with Crippen LogP contribution in [0.2, 0.25) is 0 Å². The average Bonchev–Trinajstić information content (AvgIpc) is 2.69. The van der Waals surface area contributed by atoms with E-state index in [4.69, 9.17) is 0 Å². The Bertz CT molecular complexity index is 626. The second-order valence-electron chi connectivity index (χ2n) is 4.65. The van der Waals surface area contributed by atoms with Gasteiger partial charge in [-0.05, 0) is 34.5 Å². The molecule has 2 aromatic rings. The zero-order chi connectivity index (χ0) is 12.7. The van der Waals surface area contributed by atoms with Crippen LogP contribution >= 0.6 is 15.9 Å². The highest BCUT2D eigenvalue weighted by Crippen LogP contribution is 2.33. The molecule has 1 aliphatic rings. The molecule has 0 aliphatic carbocycles. The normalized spacial score (nSPS) is 19.8. The summed E-state index contributed by atoms with van der Waals surface area (Å²) in [6.07, 6.45) is 0.847. The third kappa shape index (κ3) is 1.81. The molecule has 3 rings (SSSR count). The maximum Gasteiger partial charge on any atom is 0.231 e. The van der Waals surface area contributed by atoms with Crippen molar-refractivity contribution in [2.24, 2.45) is 0 Å². The summed E-state index contributed by atoms with van der Waals surface area (Å²) in [6.45, 7) is 0.810. The Kier molecular flexibility index (Phi) is 2.82. The third-order valence-electron chi connectivity index (χ3n) is 3.46. The first-order valence-electron chi connectivity index (χ1n) is 5.97. The topological polar surface area (TPSA) is 33.2 Å². The van der Waals surface area contributed by atoms with Crippen molar-refractivity contribution in [3.63, 3.8) is 0 Å². The SMILES string of the molecule is CN1CCC(c2nc3ccccc3cc2Br)C1=O. The molecular weight excluding hydrogens is 292 g/mol. The lowest BCUT2D eigenvalue weighted by Gasteiger charge is -2.12. The van der Waals surface area contributed by atoms with Crippen molar-refractivity contribution in [3.05, 3.63) is 40.5 Å². The van der Waals surface area contributed by atoms with Crippen LogP contribution in [-0.4, -0.2) is 29.4 Å². The monoisotopic (exact) mass is 304 g/mol. The predicted molar refractivity (Wildman–Crippen MR) is 74.4 cm³/mol. The number of carbonyl (C=O) groups is 1. The molecule has 1 aromatic carbocycles. The highest BCUT2D eigenvalue weighted by molar-refractivity contribution is 9.10. The van der Waals surface area contributed by atoms with E-state index in [1.54, 1.807) is 4.90 Å². The number of fused-ring (bicyclic) bond motifs is 1. The summed E-state index contributed by atoms with van der Waals surface area (Å²) in [7, 11) is 1.84. The first kappa shape index (κ1) is 11.7. The van der Waals surface area contributed by atoms with Crippen LogP contribution in [-0.2, 0) is 4.79 Å². The van der Waals surface area contributed by atoms with Crippen molar-refractivity contribution >= 4 is 32.7 Å². The van der Waals surface area contributed by atoms with E-state index in [0.29, 0.717) is 0 Å². The van der Waals surface area contributed by atoms with Crippen LogP contribution in [0.1, 0.15) is 18.0 Å². The standard InChI is InChI=1S/C14H13BrN2O/c1-17-7-6-10(14(17)18)13-11(15)8-9-4-2-3-5-12(9)16-13/h2-5,8,10H,6-7H2,1H3. The first-order valence-corrected chi connectivity index (χ1v) is 6.76. The molecule has 1 atom stereocenters. The highest BCUT2D eigenvalue weighted by atomic mass is 79.9. The quantitative estimate of drug-likeness (QED) is 0.811. The number of para-hydroxylation sites is 1. The van der Waals surface area contributed by atoms with E-state index in [1.807, 2.05) is 37.4 Å². The number of rotatable bonds is 1. The molecule has 1 aliphatic heterocycles. The molecule has 0 saturated carbocycles. The average molecular weight is 305 g/mol. The lowest BCUT2D eigenvalue weighted by molar-refractivity contribution is -0.127. The second-order valence-corrected chi connectivity index (χ2v) is 5.50. The van der Waals surface area contributed by atoms with Crippen LogP contribution in [0.5, 0.6) is 0 Å². The zero-order valence-electron chi connectivity index (χ0n) is 10.1. The first-order chi connectivity index (χ1) is 8.66. The summed E-state index contributed by atoms with van der Waals surface area (Å²) in [5, 5.41) is 1.09. The van der Waals surface area contributed by atoms with Gasteiger partial charge in [0.15, 0.2) is 0 Å². The highest BCUT2D eigenvalue weighted by Gasteiger charge is 2.32. The Hall–Kier alpha value is -1.42. The third-order valence-corrected chi connectivity index (χ3v) is 4.10. The van der Waals surface area contributed by atoms with Gasteiger partial charge in [0.2, 0.25) is 5.91 Å². The molecule has 0 spiro atoms. The zero-order valence-corrected chi connectivity index (χ0v) is 11.6. The summed E-state index contributed by atoms with van der Waals surface area (Å²) in [6, 6.07) is 10.0. The van der Waals surface area contributed by atoms with Gasteiger partial charge in [0.1, 0.15) is 0 Å². The second kappa shape index (κ2) is 4.35. The van der Waals surface area contributed by atoms with Crippen LogP contribution in [0, 0.1) is 0 Å². The van der Waals surface area contributed by atoms with Crippen LogP contribution in [0.3, 0.4) is 0 Å². The number of carbonyl (C=O) groups excluding carboxylic acids is 1. The van der Waals surface area contributed by atoms with Gasteiger partial charge in [0, 0.05) is 23.5 Å². The largest absolute Gasteiger partial charge is 0.345 e. The number of hydrogen-bond acceptors (Lipinski definition) is 2. The van der Waals surface area contributed by atoms with E-state index in [9.17, 15) is 4.79 Å². The molecule has 1 fully saturated rings. The number of likely N-dealkylation sites (N-methyl/N-ethyl adjacent to an activating group) is 1. The van der Waals surface area contributed by atoms with Crippen molar-refractivity contribution < 1.29 is 4.79 Å². The predicted octanol–water partition coefficient (Wildman–Crippen LogP) is 2.94. The van der Waals surface area contributed by atoms with Gasteiger partial charge in [-0.1, -0.05) is 18.2 Å². The van der Waals surface area contributed by atoms with Gasteiger partial charge in [0.25, 0.3) is 0 Å². The summed E-state index contributed by atoms with van der Waals surface area (Å²) in [5.41, 5.74) is 1.81. The summed E-state index contributed by atoms with van der Waals surface area (Å²) >= 11 is 3.54. The Morgan fingerprint density at radius 3 is 2.89 bits per heavy atom. The van der Waals surface area contributed by atoms with Crippen LogP contribution in [0.4, 0.5) is 0 Å². The molecule has 1 unspecified atom stereocenters. The maximum atomic E-state index is 12.1. The number of nitrogens with zero attached hydrogens (tertiary/aromatic N) is 2. The minimum atomic E-state index is -0.103. The van der Waals surface area contributed by atoms with E-state index in [-0.39, 0.29) is 11.8 Å². The minimum absolute atomic E-state index is 0.103. The van der Waals surface area contributed by atoms with Crippen LogP contribution < -0.4 is 0 Å². The van der Waals surface area contributed by atoms with Gasteiger partial charge in [-0.15, -0.1) is 0 Å². The number of likely N-dealkylation sites (tertiary alicyclic amines) is 1. The number of halogens is 1. The van der Waals surface area contributed by atoms with E-state index in [1.165, 1.54) is 0 Å². The molecule has 1 aromatic heterocycles. The Morgan fingerprint density at radius 2 is 2.17 bits per heavy atom. The fourth-order valence-corrected chi connectivity index (χ4v) is 3.04. The number of hydrogen-bond donors (Lipinski definition) is 0. The number of pyridine rings is 1. The van der Waals surface area contributed by atoms with Crippen molar-refractivity contribution in [1.82, 2.24) is 9.88 Å². The van der Waals surface area contributed by atoms with E-state index in [2.05, 4.69) is 20.9 Å². The van der Waals surface area contributed by atoms with Gasteiger partial charge in [0.05, 0.1) is 17.1 Å². The Labute approximate surface area is 114 Å². The Balaban J connectivity index is 2.12. The van der Waals surface area contributed by atoms with Gasteiger partial charge in [-0.3, -0.25) is 9.78 Å². The van der Waals surface area contributed by atoms with Gasteiger partial charge in [-0.25, -0.2) is 0 Å². The molecule has 4 heteroatoms. The van der Waals surface area contributed by atoms with E-state index >= 15 is 0 Å². The van der Waals surface area contributed by atoms with Crippen molar-refractivity contribution in [2.45, 2.75) is 12.3 Å². The van der Waals surface area contributed by atoms with Gasteiger partial charge < -0.3 is 4.90 Å². The fraction of sp³-hybridized carbons (Fsp3) is 0.286. The molecular formula is C14H13BrN2O. The minimum Gasteiger partial charge on any atom is -0.345 e. The van der Waals surface area contributed by atoms with Crippen LogP contribution in [0.25, 0.3) is 10.9 Å². The molecule has 18 heavy (non-hydrogen) atoms. The summed E-state index contributed by atoms with van der Waals surface area (Å²) in [4.78, 5) is 18.5. The van der Waals surface area contributed by atoms with Gasteiger partial charge >= 0.3 is 0 Å². The van der Waals surface area contributed by atoms with E-state index < -0.39 is 0 Å². The van der Waals surface area contributed by atoms with Crippen molar-refractivity contribution in [3.8, 4) is 0 Å². The molecule has 0 radical (unpaired) electrons. The number of benzene rings is 1. The molecule has 92 valence electrons. The van der Waals surface area contributed by atoms with Crippen molar-refractivity contribution in [2.75, 3.05) is 13.6 Å². The molecule has 1 amide bonds. The summed E-state index contributed by atoms with van der Waals surface area (Å²) < 4.78 is 0.926. The molecule has 3 nitrogen and oxygen atoms in total.